The average Bonchev–Trinajstić information content (AvgIpc) is 2.83. The lowest BCUT2D eigenvalue weighted by Gasteiger charge is -1.99. The van der Waals surface area contributed by atoms with E-state index >= 15 is 0 Å². The summed E-state index contributed by atoms with van der Waals surface area (Å²) in [5, 5.41) is 0.614. The normalized spacial score (nSPS) is 12.6. The number of hydrogen-bond donors (Lipinski definition) is 0. The third kappa shape index (κ3) is 3.81. The second-order valence-electron chi connectivity index (χ2n) is 5.69. The zero-order valence-corrected chi connectivity index (χ0v) is 15.4. The summed E-state index contributed by atoms with van der Waals surface area (Å²) in [6, 6.07) is 14.7. The Morgan fingerprint density at radius 1 is 1.16 bits per heavy atom. The Bertz CT molecular complexity index is 1130. The Kier molecular flexibility index (Phi) is 5.02. The van der Waals surface area contributed by atoms with Crippen molar-refractivity contribution in [3.63, 3.8) is 0 Å². The third-order valence-corrected chi connectivity index (χ3v) is 5.22. The first-order valence-electron chi connectivity index (χ1n) is 7.70. The van der Waals surface area contributed by atoms with Crippen molar-refractivity contribution in [3.05, 3.63) is 89.8 Å². The standard InChI is InChI=1S/C20H16ClNO2S/c1-13-6-3-4-9-16(13)17(23)12-19-22(2)20(24)18(25-19)11-14-7-5-8-15(21)10-14/h3-12H,1-2H3/b18-11-,19-12-. The van der Waals surface area contributed by atoms with Crippen molar-refractivity contribution in [1.29, 1.82) is 0 Å². The molecule has 25 heavy (non-hydrogen) atoms. The largest absolute Gasteiger partial charge is 0.302 e. The van der Waals surface area contributed by atoms with E-state index in [0.29, 0.717) is 19.8 Å². The second-order valence-corrected chi connectivity index (χ2v) is 7.19. The van der Waals surface area contributed by atoms with E-state index in [4.69, 9.17) is 11.6 Å². The fraction of sp³-hybridized carbons (Fsp3) is 0.100. The van der Waals surface area contributed by atoms with Crippen molar-refractivity contribution in [2.75, 3.05) is 0 Å². The minimum atomic E-state index is -0.131. The van der Waals surface area contributed by atoms with Crippen LogP contribution in [0.1, 0.15) is 21.5 Å². The van der Waals surface area contributed by atoms with Gasteiger partial charge in [-0.2, -0.15) is 0 Å². The number of rotatable bonds is 3. The molecule has 3 rings (SSSR count). The highest BCUT2D eigenvalue weighted by molar-refractivity contribution is 7.07. The van der Waals surface area contributed by atoms with Crippen LogP contribution in [0.4, 0.5) is 0 Å². The van der Waals surface area contributed by atoms with Crippen LogP contribution in [-0.4, -0.2) is 10.4 Å². The fourth-order valence-electron chi connectivity index (χ4n) is 2.49. The fourth-order valence-corrected chi connectivity index (χ4v) is 3.72. The zero-order valence-electron chi connectivity index (χ0n) is 13.8. The minimum absolute atomic E-state index is 0.107. The minimum Gasteiger partial charge on any atom is -0.302 e. The molecule has 0 aliphatic heterocycles. The van der Waals surface area contributed by atoms with Crippen molar-refractivity contribution in [2.24, 2.45) is 7.05 Å². The second kappa shape index (κ2) is 7.21. The summed E-state index contributed by atoms with van der Waals surface area (Å²) >= 11 is 7.28. The maximum Gasteiger partial charge on any atom is 0.268 e. The van der Waals surface area contributed by atoms with E-state index in [9.17, 15) is 9.59 Å². The summed E-state index contributed by atoms with van der Waals surface area (Å²) in [4.78, 5) is 25.0. The molecule has 1 aromatic heterocycles. The molecule has 1 heterocycles. The molecule has 0 saturated carbocycles. The van der Waals surface area contributed by atoms with Crippen LogP contribution in [0.15, 0.2) is 53.3 Å². The van der Waals surface area contributed by atoms with Gasteiger partial charge in [0.15, 0.2) is 5.78 Å². The van der Waals surface area contributed by atoms with E-state index in [2.05, 4.69) is 0 Å². The molecule has 0 bridgehead atoms. The van der Waals surface area contributed by atoms with Gasteiger partial charge in [0.05, 0.1) is 4.53 Å². The maximum atomic E-state index is 12.5. The van der Waals surface area contributed by atoms with Gasteiger partial charge in [0.2, 0.25) is 0 Å². The molecule has 0 aliphatic rings. The molecule has 5 heteroatoms. The van der Waals surface area contributed by atoms with Gasteiger partial charge < -0.3 is 4.57 Å². The molecule has 0 amide bonds. The summed E-state index contributed by atoms with van der Waals surface area (Å²) < 4.78 is 2.68. The molecule has 2 aromatic carbocycles. The van der Waals surface area contributed by atoms with Gasteiger partial charge in [-0.15, -0.1) is 11.3 Å². The smallest absolute Gasteiger partial charge is 0.268 e. The topological polar surface area (TPSA) is 39.1 Å². The van der Waals surface area contributed by atoms with Crippen molar-refractivity contribution in [1.82, 2.24) is 4.57 Å². The van der Waals surface area contributed by atoms with Gasteiger partial charge in [0, 0.05) is 23.7 Å². The van der Waals surface area contributed by atoms with Crippen molar-refractivity contribution < 1.29 is 4.79 Å². The zero-order chi connectivity index (χ0) is 18.0. The molecule has 0 radical (unpaired) electrons. The third-order valence-electron chi connectivity index (χ3n) is 3.87. The van der Waals surface area contributed by atoms with Crippen LogP contribution in [0.2, 0.25) is 5.02 Å². The van der Waals surface area contributed by atoms with Crippen molar-refractivity contribution in [3.8, 4) is 0 Å². The molecule has 3 nitrogen and oxygen atoms in total. The lowest BCUT2D eigenvalue weighted by Crippen LogP contribution is -2.29. The number of carbonyl (C=O) groups excluding carboxylic acids is 1. The van der Waals surface area contributed by atoms with Gasteiger partial charge in [0.25, 0.3) is 5.56 Å². The number of nitrogens with zero attached hydrogens (tertiary/aromatic N) is 1. The Labute approximate surface area is 154 Å². The number of benzene rings is 2. The van der Waals surface area contributed by atoms with Gasteiger partial charge in [-0.05, 0) is 36.3 Å². The maximum absolute atomic E-state index is 12.5. The van der Waals surface area contributed by atoms with Gasteiger partial charge in [-0.25, -0.2) is 0 Å². The van der Waals surface area contributed by atoms with E-state index in [1.54, 1.807) is 31.3 Å². The Hall–Kier alpha value is -2.43. The van der Waals surface area contributed by atoms with Gasteiger partial charge in [-0.3, -0.25) is 9.59 Å². The predicted molar refractivity (Wildman–Crippen MR) is 104 cm³/mol. The lowest BCUT2D eigenvalue weighted by molar-refractivity contribution is 0.106. The van der Waals surface area contributed by atoms with Crippen LogP contribution in [0.25, 0.3) is 12.2 Å². The van der Waals surface area contributed by atoms with E-state index in [1.165, 1.54) is 22.0 Å². The summed E-state index contributed by atoms with van der Waals surface area (Å²) in [5.41, 5.74) is 2.27. The van der Waals surface area contributed by atoms with Gasteiger partial charge in [0.1, 0.15) is 4.66 Å². The summed E-state index contributed by atoms with van der Waals surface area (Å²) in [5.74, 6) is -0.107. The first-order valence-corrected chi connectivity index (χ1v) is 8.90. The first kappa shape index (κ1) is 17.4. The number of aryl methyl sites for hydroxylation is 1. The molecule has 126 valence electrons. The highest BCUT2D eigenvalue weighted by Crippen LogP contribution is 2.11. The quantitative estimate of drug-likeness (QED) is 0.666. The molecule has 0 N–H and O–H groups in total. The molecule has 0 atom stereocenters. The first-order chi connectivity index (χ1) is 12.0. The number of ketones is 1. The molecule has 0 fully saturated rings. The molecule has 0 saturated heterocycles. The van der Waals surface area contributed by atoms with E-state index in [0.717, 1.165) is 11.1 Å². The van der Waals surface area contributed by atoms with Crippen LogP contribution in [0.5, 0.6) is 0 Å². The van der Waals surface area contributed by atoms with Crippen LogP contribution >= 0.6 is 22.9 Å². The summed E-state index contributed by atoms with van der Waals surface area (Å²) in [6.07, 6.45) is 3.30. The predicted octanol–water partition coefficient (Wildman–Crippen LogP) is 2.90. The molecule has 0 aliphatic carbocycles. The van der Waals surface area contributed by atoms with Crippen LogP contribution in [-0.2, 0) is 7.05 Å². The number of hydrogen-bond acceptors (Lipinski definition) is 3. The highest BCUT2D eigenvalue weighted by atomic mass is 35.5. The van der Waals surface area contributed by atoms with Gasteiger partial charge >= 0.3 is 0 Å². The van der Waals surface area contributed by atoms with Crippen LogP contribution in [0.3, 0.4) is 0 Å². The average molecular weight is 370 g/mol. The van der Waals surface area contributed by atoms with E-state index in [1.807, 2.05) is 37.3 Å². The molecular weight excluding hydrogens is 354 g/mol. The molecule has 0 spiro atoms. The number of thiazole rings is 1. The summed E-state index contributed by atoms with van der Waals surface area (Å²) in [7, 11) is 1.67. The number of Topliss-reactive ketones (excluding diaryl/α,β-unsaturated/α-hetero) is 1. The molecule has 0 unspecified atom stereocenters. The van der Waals surface area contributed by atoms with Gasteiger partial charge in [-0.1, -0.05) is 48.0 Å². The molecule has 3 aromatic rings. The SMILES string of the molecule is Cc1ccccc1C(=O)/C=c1\s/c(=C\c2cccc(Cl)c2)c(=O)n1C. The van der Waals surface area contributed by atoms with E-state index < -0.39 is 0 Å². The van der Waals surface area contributed by atoms with Crippen molar-refractivity contribution in [2.45, 2.75) is 6.92 Å². The van der Waals surface area contributed by atoms with Crippen LogP contribution < -0.4 is 14.8 Å². The van der Waals surface area contributed by atoms with Crippen LogP contribution in [0, 0.1) is 6.92 Å². The van der Waals surface area contributed by atoms with E-state index in [-0.39, 0.29) is 11.3 Å². The monoisotopic (exact) mass is 369 g/mol. The summed E-state index contributed by atoms with van der Waals surface area (Å²) in [6.45, 7) is 1.90. The number of aromatic nitrogens is 1. The van der Waals surface area contributed by atoms with Crippen molar-refractivity contribution >= 4 is 40.9 Å². The molecular formula is C20H16ClNO2S. The number of halogens is 1. The Morgan fingerprint density at radius 3 is 2.64 bits per heavy atom. The highest BCUT2D eigenvalue weighted by Gasteiger charge is 2.07. The Balaban J connectivity index is 2.09. The number of carbonyl (C=O) groups is 1. The lowest BCUT2D eigenvalue weighted by atomic mass is 10.1. The Morgan fingerprint density at radius 2 is 1.92 bits per heavy atom.